The van der Waals surface area contributed by atoms with Crippen molar-refractivity contribution in [3.05, 3.63) is 66.6 Å². The highest BCUT2D eigenvalue weighted by Crippen LogP contribution is 2.33. The number of pyridine rings is 2. The van der Waals surface area contributed by atoms with Crippen LogP contribution in [-0.2, 0) is 0 Å². The average molecular weight is 442 g/mol. The number of ether oxygens (including phenoxy) is 1. The quantitative estimate of drug-likeness (QED) is 0.593. The van der Waals surface area contributed by atoms with Crippen LogP contribution in [-0.4, -0.2) is 35.3 Å². The third kappa shape index (κ3) is 5.16. The molecular formula is C23H21F3N4O2. The second-order valence-electron chi connectivity index (χ2n) is 7.70. The standard InChI is InChI=1S/C23H21F3N4O2/c1-15-8-10-30(14-15)21-20(16-3-2-9-27-12-16)11-17(13-28-21)22(31)29-18-4-6-19(7-5-18)32-23(24,25)26/h2-7,9,11-13,15H,8,10,14H2,1H3,(H,29,31)/t15-/m0/s1. The lowest BCUT2D eigenvalue weighted by molar-refractivity contribution is -0.274. The first-order valence-electron chi connectivity index (χ1n) is 10.1. The second-order valence-corrected chi connectivity index (χ2v) is 7.70. The first kappa shape index (κ1) is 21.6. The number of aromatic nitrogens is 2. The van der Waals surface area contributed by atoms with Crippen molar-refractivity contribution in [1.29, 1.82) is 0 Å². The molecule has 0 aliphatic carbocycles. The molecule has 1 aliphatic rings. The van der Waals surface area contributed by atoms with E-state index in [4.69, 9.17) is 0 Å². The van der Waals surface area contributed by atoms with Crippen molar-refractivity contribution in [1.82, 2.24) is 9.97 Å². The minimum atomic E-state index is -4.77. The molecule has 1 aromatic carbocycles. The molecule has 0 saturated carbocycles. The Bertz CT molecular complexity index is 1090. The van der Waals surface area contributed by atoms with Gasteiger partial charge in [-0.1, -0.05) is 13.0 Å². The van der Waals surface area contributed by atoms with Crippen LogP contribution in [0.5, 0.6) is 5.75 Å². The first-order valence-corrected chi connectivity index (χ1v) is 10.1. The number of nitrogens with zero attached hydrogens (tertiary/aromatic N) is 3. The number of amides is 1. The van der Waals surface area contributed by atoms with Crippen LogP contribution in [0.15, 0.2) is 61.1 Å². The molecule has 4 rings (SSSR count). The third-order valence-electron chi connectivity index (χ3n) is 5.17. The summed E-state index contributed by atoms with van der Waals surface area (Å²) in [5, 5.41) is 2.68. The summed E-state index contributed by atoms with van der Waals surface area (Å²) in [7, 11) is 0. The van der Waals surface area contributed by atoms with Crippen LogP contribution in [0.25, 0.3) is 11.1 Å². The van der Waals surface area contributed by atoms with Crippen LogP contribution >= 0.6 is 0 Å². The van der Waals surface area contributed by atoms with Gasteiger partial charge in [-0.15, -0.1) is 13.2 Å². The monoisotopic (exact) mass is 442 g/mol. The van der Waals surface area contributed by atoms with Gasteiger partial charge in [0.15, 0.2) is 0 Å². The van der Waals surface area contributed by atoms with Crippen molar-refractivity contribution in [2.24, 2.45) is 5.92 Å². The summed E-state index contributed by atoms with van der Waals surface area (Å²) in [6, 6.07) is 10.5. The number of hydrogen-bond donors (Lipinski definition) is 1. The van der Waals surface area contributed by atoms with E-state index in [-0.39, 0.29) is 5.75 Å². The summed E-state index contributed by atoms with van der Waals surface area (Å²) in [6.07, 6.45) is 1.21. The largest absolute Gasteiger partial charge is 0.573 e. The second kappa shape index (κ2) is 8.86. The number of rotatable bonds is 5. The molecule has 1 atom stereocenters. The van der Waals surface area contributed by atoms with Gasteiger partial charge in [0.25, 0.3) is 5.91 Å². The lowest BCUT2D eigenvalue weighted by atomic mass is 10.1. The van der Waals surface area contributed by atoms with Gasteiger partial charge in [-0.25, -0.2) is 4.98 Å². The van der Waals surface area contributed by atoms with E-state index in [0.29, 0.717) is 17.2 Å². The molecular weight excluding hydrogens is 421 g/mol. The molecule has 9 heteroatoms. The SMILES string of the molecule is C[C@H]1CCN(c2ncc(C(=O)Nc3ccc(OC(F)(F)F)cc3)cc2-c2cccnc2)C1. The summed E-state index contributed by atoms with van der Waals surface area (Å²) in [4.78, 5) is 23.8. The van der Waals surface area contributed by atoms with Gasteiger partial charge in [0.2, 0.25) is 0 Å². The zero-order chi connectivity index (χ0) is 22.7. The van der Waals surface area contributed by atoms with Crippen LogP contribution in [0.3, 0.4) is 0 Å². The van der Waals surface area contributed by atoms with E-state index < -0.39 is 12.3 Å². The zero-order valence-electron chi connectivity index (χ0n) is 17.3. The van der Waals surface area contributed by atoms with Gasteiger partial charge >= 0.3 is 6.36 Å². The zero-order valence-corrected chi connectivity index (χ0v) is 17.3. The number of nitrogens with one attached hydrogen (secondary N) is 1. The van der Waals surface area contributed by atoms with Crippen molar-refractivity contribution >= 4 is 17.4 Å². The summed E-state index contributed by atoms with van der Waals surface area (Å²) in [6.45, 7) is 3.97. The van der Waals surface area contributed by atoms with Crippen LogP contribution < -0.4 is 15.0 Å². The molecule has 6 nitrogen and oxygen atoms in total. The Kier molecular flexibility index (Phi) is 5.98. The minimum absolute atomic E-state index is 0.329. The summed E-state index contributed by atoms with van der Waals surface area (Å²) in [5.74, 6) is 0.576. The van der Waals surface area contributed by atoms with Crippen molar-refractivity contribution in [3.8, 4) is 16.9 Å². The average Bonchev–Trinajstić information content (AvgIpc) is 3.20. The molecule has 1 saturated heterocycles. The predicted molar refractivity (Wildman–Crippen MR) is 115 cm³/mol. The Balaban J connectivity index is 1.57. The molecule has 3 heterocycles. The van der Waals surface area contributed by atoms with Gasteiger partial charge in [-0.05, 0) is 48.7 Å². The molecule has 1 fully saturated rings. The van der Waals surface area contributed by atoms with Gasteiger partial charge in [0, 0.05) is 48.5 Å². The molecule has 32 heavy (non-hydrogen) atoms. The summed E-state index contributed by atoms with van der Waals surface area (Å²) in [5.41, 5.74) is 2.31. The Morgan fingerprint density at radius 1 is 1.19 bits per heavy atom. The van der Waals surface area contributed by atoms with Crippen molar-refractivity contribution in [2.45, 2.75) is 19.7 Å². The molecule has 0 radical (unpaired) electrons. The Morgan fingerprint density at radius 2 is 1.97 bits per heavy atom. The number of carbonyl (C=O) groups excluding carboxylic acids is 1. The molecule has 1 aliphatic heterocycles. The molecule has 1 amide bonds. The minimum Gasteiger partial charge on any atom is -0.406 e. The van der Waals surface area contributed by atoms with Crippen LogP contribution in [0.2, 0.25) is 0 Å². The van der Waals surface area contributed by atoms with Gasteiger partial charge in [-0.2, -0.15) is 0 Å². The Morgan fingerprint density at radius 3 is 2.59 bits per heavy atom. The number of alkyl halides is 3. The number of anilines is 2. The molecule has 166 valence electrons. The van der Waals surface area contributed by atoms with E-state index in [1.807, 2.05) is 12.1 Å². The van der Waals surface area contributed by atoms with E-state index in [9.17, 15) is 18.0 Å². The predicted octanol–water partition coefficient (Wildman–Crippen LogP) is 5.14. The van der Waals surface area contributed by atoms with E-state index in [1.54, 1.807) is 18.5 Å². The van der Waals surface area contributed by atoms with E-state index in [0.717, 1.165) is 48.6 Å². The number of benzene rings is 1. The number of carbonyl (C=O) groups is 1. The molecule has 0 spiro atoms. The summed E-state index contributed by atoms with van der Waals surface area (Å²) < 4.78 is 40.8. The maximum Gasteiger partial charge on any atom is 0.573 e. The lowest BCUT2D eigenvalue weighted by Gasteiger charge is -2.21. The maximum atomic E-state index is 12.8. The van der Waals surface area contributed by atoms with E-state index in [1.165, 1.54) is 18.3 Å². The maximum absolute atomic E-state index is 12.8. The molecule has 0 unspecified atom stereocenters. The van der Waals surface area contributed by atoms with Crippen molar-refractivity contribution < 1.29 is 22.7 Å². The molecule has 0 bridgehead atoms. The number of hydrogen-bond acceptors (Lipinski definition) is 5. The highest BCUT2D eigenvalue weighted by atomic mass is 19.4. The smallest absolute Gasteiger partial charge is 0.406 e. The van der Waals surface area contributed by atoms with Crippen molar-refractivity contribution in [2.75, 3.05) is 23.3 Å². The first-order chi connectivity index (χ1) is 15.3. The fourth-order valence-electron chi connectivity index (χ4n) is 3.64. The van der Waals surface area contributed by atoms with Gasteiger partial charge in [-0.3, -0.25) is 9.78 Å². The molecule has 1 N–H and O–H groups in total. The fraction of sp³-hybridized carbons (Fsp3) is 0.261. The fourth-order valence-corrected chi connectivity index (χ4v) is 3.64. The third-order valence-corrected chi connectivity index (χ3v) is 5.17. The topological polar surface area (TPSA) is 67.4 Å². The Labute approximate surface area is 183 Å². The van der Waals surface area contributed by atoms with Crippen LogP contribution in [0.4, 0.5) is 24.7 Å². The van der Waals surface area contributed by atoms with Crippen molar-refractivity contribution in [3.63, 3.8) is 0 Å². The van der Waals surface area contributed by atoms with Gasteiger partial charge < -0.3 is 15.0 Å². The highest BCUT2D eigenvalue weighted by molar-refractivity contribution is 6.05. The normalized spacial score (nSPS) is 16.1. The van der Waals surface area contributed by atoms with Gasteiger partial charge in [0.1, 0.15) is 11.6 Å². The molecule has 3 aromatic rings. The summed E-state index contributed by atoms with van der Waals surface area (Å²) >= 11 is 0. The number of halogens is 3. The highest BCUT2D eigenvalue weighted by Gasteiger charge is 2.31. The molecule has 2 aromatic heterocycles. The lowest BCUT2D eigenvalue weighted by Crippen LogP contribution is -2.22. The van der Waals surface area contributed by atoms with E-state index in [2.05, 4.69) is 31.8 Å². The Hall–Kier alpha value is -3.62. The van der Waals surface area contributed by atoms with Crippen LogP contribution in [0.1, 0.15) is 23.7 Å². The van der Waals surface area contributed by atoms with E-state index >= 15 is 0 Å². The van der Waals surface area contributed by atoms with Gasteiger partial charge in [0.05, 0.1) is 5.56 Å². The van der Waals surface area contributed by atoms with Crippen LogP contribution in [0, 0.1) is 5.92 Å².